The smallest absolute Gasteiger partial charge is 0.226 e. The second kappa shape index (κ2) is 6.92. The normalized spacial score (nSPS) is 18.2. The number of hydrogen-bond acceptors (Lipinski definition) is 4. The van der Waals surface area contributed by atoms with E-state index in [1.165, 1.54) is 12.1 Å². The summed E-state index contributed by atoms with van der Waals surface area (Å²) >= 11 is 0. The fourth-order valence-corrected chi connectivity index (χ4v) is 3.74. The van der Waals surface area contributed by atoms with Crippen LogP contribution in [0, 0.1) is 5.82 Å². The molecule has 1 aromatic heterocycles. The van der Waals surface area contributed by atoms with Crippen molar-refractivity contribution in [1.29, 1.82) is 0 Å². The van der Waals surface area contributed by atoms with Crippen LogP contribution in [0.1, 0.15) is 36.0 Å². The summed E-state index contributed by atoms with van der Waals surface area (Å²) in [6, 6.07) is 6.27. The van der Waals surface area contributed by atoms with Gasteiger partial charge in [0.05, 0.1) is 13.0 Å². The van der Waals surface area contributed by atoms with Crippen LogP contribution in [0.25, 0.3) is 0 Å². The molecule has 0 aliphatic carbocycles. The van der Waals surface area contributed by atoms with E-state index in [9.17, 15) is 9.18 Å². The van der Waals surface area contributed by atoms with Crippen LogP contribution in [0.5, 0.6) is 0 Å². The van der Waals surface area contributed by atoms with Gasteiger partial charge in [-0.1, -0.05) is 12.1 Å². The molecule has 25 heavy (non-hydrogen) atoms. The number of amides is 1. The Morgan fingerprint density at radius 1 is 1.24 bits per heavy atom. The van der Waals surface area contributed by atoms with Crippen LogP contribution in [0.4, 0.5) is 4.39 Å². The Morgan fingerprint density at radius 2 is 2.08 bits per heavy atom. The van der Waals surface area contributed by atoms with Gasteiger partial charge in [0.25, 0.3) is 0 Å². The molecular formula is C18H22FN5O. The number of halogens is 1. The number of hydrogen-bond donors (Lipinski definition) is 1. The number of carbonyl (C=O) groups excluding carboxylic acids is 1. The van der Waals surface area contributed by atoms with Crippen molar-refractivity contribution in [3.05, 3.63) is 47.3 Å². The lowest BCUT2D eigenvalue weighted by Gasteiger charge is -2.32. The number of piperidine rings is 1. The zero-order chi connectivity index (χ0) is 17.2. The van der Waals surface area contributed by atoms with Crippen molar-refractivity contribution in [3.63, 3.8) is 0 Å². The first-order valence-electron chi connectivity index (χ1n) is 8.85. The van der Waals surface area contributed by atoms with Gasteiger partial charge in [-0.3, -0.25) is 4.79 Å². The second-order valence-corrected chi connectivity index (χ2v) is 6.76. The first kappa shape index (κ1) is 16.2. The van der Waals surface area contributed by atoms with Gasteiger partial charge in [-0.2, -0.15) is 0 Å². The Hall–Kier alpha value is -2.28. The van der Waals surface area contributed by atoms with Gasteiger partial charge in [0.1, 0.15) is 17.5 Å². The maximum Gasteiger partial charge on any atom is 0.226 e. The summed E-state index contributed by atoms with van der Waals surface area (Å²) in [7, 11) is 0. The summed E-state index contributed by atoms with van der Waals surface area (Å²) in [6.45, 7) is 4.08. The molecule has 0 saturated carbocycles. The lowest BCUT2D eigenvalue weighted by molar-refractivity contribution is -0.131. The fourth-order valence-electron chi connectivity index (χ4n) is 3.74. The summed E-state index contributed by atoms with van der Waals surface area (Å²) in [5, 5.41) is 12.0. The number of fused-ring (bicyclic) bond motifs is 1. The van der Waals surface area contributed by atoms with Gasteiger partial charge in [0, 0.05) is 32.1 Å². The maximum atomic E-state index is 13.3. The Balaban J connectivity index is 1.36. The van der Waals surface area contributed by atoms with E-state index in [1.807, 2.05) is 4.90 Å². The summed E-state index contributed by atoms with van der Waals surface area (Å²) in [5.74, 6) is 2.20. The average molecular weight is 343 g/mol. The lowest BCUT2D eigenvalue weighted by atomic mass is 9.95. The molecule has 6 nitrogen and oxygen atoms in total. The van der Waals surface area contributed by atoms with Crippen molar-refractivity contribution in [3.8, 4) is 0 Å². The third kappa shape index (κ3) is 3.42. The minimum Gasteiger partial charge on any atom is -0.342 e. The van der Waals surface area contributed by atoms with Crippen molar-refractivity contribution in [2.45, 2.75) is 38.3 Å². The van der Waals surface area contributed by atoms with Gasteiger partial charge in [0.2, 0.25) is 5.91 Å². The average Bonchev–Trinajstić information content (AvgIpc) is 3.06. The van der Waals surface area contributed by atoms with Crippen LogP contribution in [-0.4, -0.2) is 45.2 Å². The molecule has 2 aromatic rings. The van der Waals surface area contributed by atoms with Gasteiger partial charge in [-0.15, -0.1) is 10.2 Å². The number of nitrogens with zero attached hydrogens (tertiary/aromatic N) is 4. The van der Waals surface area contributed by atoms with E-state index >= 15 is 0 Å². The second-order valence-electron chi connectivity index (χ2n) is 6.76. The first-order chi connectivity index (χ1) is 12.2. The monoisotopic (exact) mass is 343 g/mol. The molecule has 0 radical (unpaired) electrons. The molecule has 0 bridgehead atoms. The van der Waals surface area contributed by atoms with E-state index in [1.54, 1.807) is 12.1 Å². The molecule has 0 atom stereocenters. The standard InChI is InChI=1S/C18H22FN5O/c19-15-3-1-2-13(10-15)11-17(25)23-7-4-14(5-8-23)18-22-21-16-12-20-6-9-24(16)18/h1-3,10,14,20H,4-9,11-12H2. The number of carbonyl (C=O) groups is 1. The van der Waals surface area contributed by atoms with Crippen molar-refractivity contribution in [2.24, 2.45) is 0 Å². The molecule has 1 fully saturated rings. The highest BCUT2D eigenvalue weighted by molar-refractivity contribution is 5.78. The van der Waals surface area contributed by atoms with Gasteiger partial charge < -0.3 is 14.8 Å². The maximum absolute atomic E-state index is 13.3. The molecule has 2 aliphatic heterocycles. The summed E-state index contributed by atoms with van der Waals surface area (Å²) in [4.78, 5) is 14.4. The molecule has 1 N–H and O–H groups in total. The van der Waals surface area contributed by atoms with Crippen LogP contribution in [0.2, 0.25) is 0 Å². The number of rotatable bonds is 3. The molecule has 4 rings (SSSR count). The van der Waals surface area contributed by atoms with Gasteiger partial charge in [0.15, 0.2) is 0 Å². The molecule has 1 amide bonds. The highest BCUT2D eigenvalue weighted by Gasteiger charge is 2.28. The van der Waals surface area contributed by atoms with Gasteiger partial charge >= 0.3 is 0 Å². The predicted molar refractivity (Wildman–Crippen MR) is 90.4 cm³/mol. The third-order valence-electron chi connectivity index (χ3n) is 5.11. The van der Waals surface area contributed by atoms with Crippen LogP contribution in [0.15, 0.2) is 24.3 Å². The molecule has 132 valence electrons. The van der Waals surface area contributed by atoms with E-state index in [4.69, 9.17) is 0 Å². The van der Waals surface area contributed by atoms with E-state index < -0.39 is 0 Å². The van der Waals surface area contributed by atoms with E-state index in [2.05, 4.69) is 20.1 Å². The van der Waals surface area contributed by atoms with Gasteiger partial charge in [-0.05, 0) is 30.5 Å². The van der Waals surface area contributed by atoms with Crippen molar-refractivity contribution in [2.75, 3.05) is 19.6 Å². The van der Waals surface area contributed by atoms with Crippen LogP contribution in [-0.2, 0) is 24.3 Å². The third-order valence-corrected chi connectivity index (χ3v) is 5.11. The first-order valence-corrected chi connectivity index (χ1v) is 8.85. The molecule has 1 aromatic carbocycles. The zero-order valence-corrected chi connectivity index (χ0v) is 14.1. The Kier molecular flexibility index (Phi) is 4.48. The molecule has 0 unspecified atom stereocenters. The quantitative estimate of drug-likeness (QED) is 0.917. The minimum atomic E-state index is -0.296. The minimum absolute atomic E-state index is 0.0662. The number of nitrogens with one attached hydrogen (secondary N) is 1. The van der Waals surface area contributed by atoms with Crippen molar-refractivity contribution >= 4 is 5.91 Å². The molecule has 0 spiro atoms. The Morgan fingerprint density at radius 3 is 2.88 bits per heavy atom. The number of aromatic nitrogens is 3. The summed E-state index contributed by atoms with van der Waals surface area (Å²) in [5.41, 5.74) is 0.728. The molecule has 1 saturated heterocycles. The van der Waals surface area contributed by atoms with Crippen molar-refractivity contribution < 1.29 is 9.18 Å². The number of benzene rings is 1. The highest BCUT2D eigenvalue weighted by Crippen LogP contribution is 2.28. The SMILES string of the molecule is O=C(Cc1cccc(F)c1)N1CCC(c2nnc3n2CCNC3)CC1. The molecule has 2 aliphatic rings. The Bertz CT molecular complexity index is 767. The predicted octanol–water partition coefficient (Wildman–Crippen LogP) is 1.47. The van der Waals surface area contributed by atoms with Crippen LogP contribution < -0.4 is 5.32 Å². The van der Waals surface area contributed by atoms with Crippen LogP contribution >= 0.6 is 0 Å². The lowest BCUT2D eigenvalue weighted by Crippen LogP contribution is -2.39. The van der Waals surface area contributed by atoms with Gasteiger partial charge in [-0.25, -0.2) is 4.39 Å². The molecule has 3 heterocycles. The zero-order valence-electron chi connectivity index (χ0n) is 14.1. The molecular weight excluding hydrogens is 321 g/mol. The van der Waals surface area contributed by atoms with E-state index in [-0.39, 0.29) is 18.1 Å². The topological polar surface area (TPSA) is 63.1 Å². The Labute approximate surface area is 146 Å². The number of likely N-dealkylation sites (tertiary alicyclic amines) is 1. The van der Waals surface area contributed by atoms with E-state index in [0.29, 0.717) is 5.92 Å². The van der Waals surface area contributed by atoms with Crippen LogP contribution in [0.3, 0.4) is 0 Å². The van der Waals surface area contributed by atoms with Crippen molar-refractivity contribution in [1.82, 2.24) is 25.0 Å². The molecule has 7 heteroatoms. The summed E-state index contributed by atoms with van der Waals surface area (Å²) < 4.78 is 15.5. The largest absolute Gasteiger partial charge is 0.342 e. The fraction of sp³-hybridized carbons (Fsp3) is 0.500. The van der Waals surface area contributed by atoms with E-state index in [0.717, 1.165) is 62.8 Å². The summed E-state index contributed by atoms with van der Waals surface area (Å²) in [6.07, 6.45) is 2.06. The highest BCUT2D eigenvalue weighted by atomic mass is 19.1.